The van der Waals surface area contributed by atoms with E-state index in [-0.39, 0.29) is 19.2 Å². The van der Waals surface area contributed by atoms with Crippen molar-refractivity contribution in [1.29, 1.82) is 0 Å². The van der Waals surface area contributed by atoms with Gasteiger partial charge in [-0.3, -0.25) is 9.59 Å². The number of carbonyl (C=O) groups excluding carboxylic acids is 2. The van der Waals surface area contributed by atoms with E-state index in [1.165, 1.54) is 14.2 Å². The molecule has 0 spiro atoms. The maximum absolute atomic E-state index is 12.3. The molecule has 158 valence electrons. The number of allylic oxidation sites excluding steroid dienone is 1. The van der Waals surface area contributed by atoms with Gasteiger partial charge in [0.2, 0.25) is 5.91 Å². The van der Waals surface area contributed by atoms with Gasteiger partial charge in [-0.15, -0.1) is 0 Å². The highest BCUT2D eigenvalue weighted by Crippen LogP contribution is 2.26. The lowest BCUT2D eigenvalue weighted by Crippen LogP contribution is -2.32. The maximum Gasteiger partial charge on any atom is 0.409 e. The fourth-order valence-electron chi connectivity index (χ4n) is 2.06. The van der Waals surface area contributed by atoms with Gasteiger partial charge in [0.05, 0.1) is 21.3 Å². The number of hydrogen-bond acceptors (Lipinski definition) is 5. The zero-order valence-corrected chi connectivity index (χ0v) is 16.6. The van der Waals surface area contributed by atoms with Crippen LogP contribution in [0.25, 0.3) is 0 Å². The molecule has 0 atom stereocenters. The quantitative estimate of drug-likeness (QED) is 0.375. The Hall–Kier alpha value is -2.71. The molecule has 0 heterocycles. The smallest absolute Gasteiger partial charge is 0.409 e. The molecule has 1 rings (SSSR count). The van der Waals surface area contributed by atoms with Crippen molar-refractivity contribution in [2.45, 2.75) is 33.0 Å². The fraction of sp³-hybridized carbons (Fsp3) is 0.474. The minimum absolute atomic E-state index is 0.0384. The summed E-state index contributed by atoms with van der Waals surface area (Å²) in [7, 11) is 4.01. The van der Waals surface area contributed by atoms with Gasteiger partial charge >= 0.3 is 12.1 Å². The number of benzene rings is 1. The average Bonchev–Trinajstić information content (AvgIpc) is 2.67. The van der Waals surface area contributed by atoms with Gasteiger partial charge in [0.25, 0.3) is 0 Å². The van der Waals surface area contributed by atoms with Gasteiger partial charge in [-0.05, 0) is 12.1 Å². The first-order valence-corrected chi connectivity index (χ1v) is 8.50. The maximum atomic E-state index is 12.3. The summed E-state index contributed by atoms with van der Waals surface area (Å²) < 4.78 is 51.6. The molecule has 0 radical (unpaired) electrons. The summed E-state index contributed by atoms with van der Waals surface area (Å²) in [4.78, 5) is 24.7. The van der Waals surface area contributed by atoms with Crippen molar-refractivity contribution < 1.29 is 37.0 Å². The van der Waals surface area contributed by atoms with E-state index in [9.17, 15) is 22.8 Å². The van der Waals surface area contributed by atoms with E-state index < -0.39 is 24.5 Å². The van der Waals surface area contributed by atoms with E-state index in [2.05, 4.69) is 4.74 Å². The third-order valence-corrected chi connectivity index (χ3v) is 3.36. The minimum Gasteiger partial charge on any atom is -0.497 e. The monoisotopic (exact) mass is 405 g/mol. The summed E-state index contributed by atoms with van der Waals surface area (Å²) in [6.07, 6.45) is -4.22. The van der Waals surface area contributed by atoms with Crippen LogP contribution in [0.5, 0.6) is 11.5 Å². The number of alkyl halides is 3. The summed E-state index contributed by atoms with van der Waals surface area (Å²) in [5, 5.41) is 0. The SMILES string of the molecule is CC.COC(=O)CC(=O)N(C/C=C/C(F)(F)F)Cc1ccc(OC)cc1OC. The first kappa shape index (κ1) is 25.3. The van der Waals surface area contributed by atoms with Crippen molar-refractivity contribution in [2.24, 2.45) is 0 Å². The molecule has 0 aliphatic rings. The second-order valence-electron chi connectivity index (χ2n) is 5.15. The highest BCUT2D eigenvalue weighted by molar-refractivity contribution is 5.94. The second-order valence-corrected chi connectivity index (χ2v) is 5.15. The van der Waals surface area contributed by atoms with Crippen LogP contribution in [0.15, 0.2) is 30.4 Å². The van der Waals surface area contributed by atoms with Crippen molar-refractivity contribution in [1.82, 2.24) is 4.90 Å². The molecule has 0 unspecified atom stereocenters. The first-order chi connectivity index (χ1) is 13.2. The van der Waals surface area contributed by atoms with Crippen LogP contribution < -0.4 is 9.47 Å². The Morgan fingerprint density at radius 2 is 1.75 bits per heavy atom. The summed E-state index contributed by atoms with van der Waals surface area (Å²) in [6.45, 7) is 3.62. The number of rotatable bonds is 8. The minimum atomic E-state index is -4.49. The van der Waals surface area contributed by atoms with Crippen LogP contribution in [0.1, 0.15) is 25.8 Å². The number of halogens is 3. The summed E-state index contributed by atoms with van der Waals surface area (Å²) in [5.41, 5.74) is 0.548. The highest BCUT2D eigenvalue weighted by atomic mass is 19.4. The van der Waals surface area contributed by atoms with Gasteiger partial charge in [0, 0.05) is 30.8 Å². The molecule has 0 saturated heterocycles. The molecule has 1 aromatic rings. The van der Waals surface area contributed by atoms with E-state index in [0.29, 0.717) is 17.1 Å². The molecule has 1 aromatic carbocycles. The van der Waals surface area contributed by atoms with E-state index >= 15 is 0 Å². The van der Waals surface area contributed by atoms with Gasteiger partial charge in [0.1, 0.15) is 17.9 Å². The predicted octanol–water partition coefficient (Wildman–Crippen LogP) is 3.74. The summed E-state index contributed by atoms with van der Waals surface area (Å²) in [6, 6.07) is 4.85. The Balaban J connectivity index is 0.00000352. The molecule has 0 fully saturated rings. The number of hydrogen-bond donors (Lipinski definition) is 0. The second kappa shape index (κ2) is 12.6. The molecule has 0 bridgehead atoms. The number of nitrogens with zero attached hydrogens (tertiary/aromatic N) is 1. The molecule has 0 N–H and O–H groups in total. The molecule has 0 aliphatic carbocycles. The number of carbonyl (C=O) groups is 2. The summed E-state index contributed by atoms with van der Waals surface area (Å²) in [5.74, 6) is -0.516. The normalized spacial score (nSPS) is 10.7. The molecular weight excluding hydrogens is 379 g/mol. The van der Waals surface area contributed by atoms with E-state index in [0.717, 1.165) is 18.1 Å². The van der Waals surface area contributed by atoms with Crippen LogP contribution in [-0.4, -0.2) is 50.8 Å². The number of amides is 1. The Morgan fingerprint density at radius 3 is 2.25 bits per heavy atom. The first-order valence-electron chi connectivity index (χ1n) is 8.50. The number of ether oxygens (including phenoxy) is 3. The number of methoxy groups -OCH3 is 3. The lowest BCUT2D eigenvalue weighted by molar-refractivity contribution is -0.146. The van der Waals surface area contributed by atoms with E-state index in [4.69, 9.17) is 9.47 Å². The molecule has 6 nitrogen and oxygen atoms in total. The van der Waals surface area contributed by atoms with Crippen LogP contribution in [0, 0.1) is 0 Å². The van der Waals surface area contributed by atoms with Crippen molar-refractivity contribution >= 4 is 11.9 Å². The molecule has 9 heteroatoms. The third-order valence-electron chi connectivity index (χ3n) is 3.36. The van der Waals surface area contributed by atoms with E-state index in [1.54, 1.807) is 18.2 Å². The van der Waals surface area contributed by atoms with Crippen LogP contribution in [0.2, 0.25) is 0 Å². The lowest BCUT2D eigenvalue weighted by atomic mass is 10.1. The van der Waals surface area contributed by atoms with Gasteiger partial charge < -0.3 is 19.1 Å². The Kier molecular flexibility index (Phi) is 11.4. The molecule has 0 aromatic heterocycles. The molecule has 0 aliphatic heterocycles. The topological polar surface area (TPSA) is 65.1 Å². The number of esters is 1. The van der Waals surface area contributed by atoms with Crippen molar-refractivity contribution in [3.8, 4) is 11.5 Å². The zero-order valence-electron chi connectivity index (χ0n) is 16.6. The average molecular weight is 405 g/mol. The van der Waals surface area contributed by atoms with Gasteiger partial charge in [0.15, 0.2) is 0 Å². The van der Waals surface area contributed by atoms with Crippen LogP contribution >= 0.6 is 0 Å². The van der Waals surface area contributed by atoms with Crippen LogP contribution in [-0.2, 0) is 20.9 Å². The van der Waals surface area contributed by atoms with E-state index in [1.807, 2.05) is 13.8 Å². The Bertz CT molecular complexity index is 659. The Labute approximate surface area is 162 Å². The summed E-state index contributed by atoms with van der Waals surface area (Å²) >= 11 is 0. The predicted molar refractivity (Wildman–Crippen MR) is 98.1 cm³/mol. The van der Waals surface area contributed by atoms with Gasteiger partial charge in [-0.2, -0.15) is 13.2 Å². The lowest BCUT2D eigenvalue weighted by Gasteiger charge is -2.22. The largest absolute Gasteiger partial charge is 0.497 e. The fourth-order valence-corrected chi connectivity index (χ4v) is 2.06. The Morgan fingerprint density at radius 1 is 1.11 bits per heavy atom. The molecule has 1 amide bonds. The van der Waals surface area contributed by atoms with Crippen molar-refractivity contribution in [3.63, 3.8) is 0 Å². The van der Waals surface area contributed by atoms with Crippen LogP contribution in [0.4, 0.5) is 13.2 Å². The van der Waals surface area contributed by atoms with Crippen LogP contribution in [0.3, 0.4) is 0 Å². The third kappa shape index (κ3) is 9.29. The van der Waals surface area contributed by atoms with Gasteiger partial charge in [-0.1, -0.05) is 19.9 Å². The molecule has 0 saturated carbocycles. The van der Waals surface area contributed by atoms with Crippen molar-refractivity contribution in [3.05, 3.63) is 35.9 Å². The zero-order chi connectivity index (χ0) is 21.7. The molecular formula is C19H26F3NO5. The highest BCUT2D eigenvalue weighted by Gasteiger charge is 2.23. The standard InChI is InChI=1S/C17H20F3NO5.C2H6/c1-24-13-6-5-12(14(9-13)25-2)11-21(8-4-7-17(18,19)20)15(22)10-16(23)26-3;1-2/h4-7,9H,8,10-11H2,1-3H3;1-2H3/b7-4+;. The van der Waals surface area contributed by atoms with Crippen molar-refractivity contribution in [2.75, 3.05) is 27.9 Å². The molecule has 28 heavy (non-hydrogen) atoms. The van der Waals surface area contributed by atoms with Gasteiger partial charge in [-0.25, -0.2) is 0 Å².